The largest absolute Gasteiger partial charge is 0.460 e. The number of amides is 3. The molecule has 4 aromatic rings. The summed E-state index contributed by atoms with van der Waals surface area (Å²) in [7, 11) is 0. The predicted molar refractivity (Wildman–Crippen MR) is 194 cm³/mol. The predicted octanol–water partition coefficient (Wildman–Crippen LogP) is 6.38. The Balaban J connectivity index is 1.60. The van der Waals surface area contributed by atoms with Gasteiger partial charge in [0.15, 0.2) is 6.10 Å². The number of carbonyl (C=O) groups is 4. The maximum atomic E-state index is 14.1. The minimum Gasteiger partial charge on any atom is -0.460 e. The maximum absolute atomic E-state index is 14.1. The van der Waals surface area contributed by atoms with Crippen molar-refractivity contribution in [3.8, 4) is 11.3 Å². The van der Waals surface area contributed by atoms with Gasteiger partial charge in [-0.1, -0.05) is 91.6 Å². The van der Waals surface area contributed by atoms with Gasteiger partial charge in [-0.3, -0.25) is 19.2 Å². The number of hydrogen-bond acceptors (Lipinski definition) is 8. The van der Waals surface area contributed by atoms with Crippen LogP contribution >= 0.6 is 23.2 Å². The summed E-state index contributed by atoms with van der Waals surface area (Å²) in [5, 5.41) is 17.6. The van der Waals surface area contributed by atoms with Crippen LogP contribution in [0.5, 0.6) is 0 Å². The number of aromatic nitrogens is 1. The van der Waals surface area contributed by atoms with E-state index in [0.29, 0.717) is 21.2 Å². The highest BCUT2D eigenvalue weighted by Gasteiger charge is 2.34. The van der Waals surface area contributed by atoms with Crippen molar-refractivity contribution in [1.82, 2.24) is 20.5 Å². The number of nitrogens with zero attached hydrogens (tertiary/aromatic N) is 2. The summed E-state index contributed by atoms with van der Waals surface area (Å²) in [6, 6.07) is 20.2. The molecule has 0 aliphatic heterocycles. The zero-order valence-electron chi connectivity index (χ0n) is 29.1. The van der Waals surface area contributed by atoms with Gasteiger partial charge in [-0.05, 0) is 56.5 Å². The highest BCUT2D eigenvalue weighted by Crippen LogP contribution is 2.35. The van der Waals surface area contributed by atoms with E-state index in [2.05, 4.69) is 15.6 Å². The third-order valence-electron chi connectivity index (χ3n) is 7.65. The van der Waals surface area contributed by atoms with Gasteiger partial charge in [0.2, 0.25) is 17.7 Å². The van der Waals surface area contributed by atoms with Crippen molar-refractivity contribution in [3.63, 3.8) is 0 Å². The number of halogens is 2. The van der Waals surface area contributed by atoms with E-state index in [1.165, 1.54) is 11.2 Å². The number of esters is 1. The second-order valence-electron chi connectivity index (χ2n) is 13.3. The van der Waals surface area contributed by atoms with Gasteiger partial charge in [-0.15, -0.1) is 0 Å². The van der Waals surface area contributed by atoms with E-state index >= 15 is 0 Å². The van der Waals surface area contributed by atoms with Gasteiger partial charge in [0.05, 0.1) is 29.1 Å². The highest BCUT2D eigenvalue weighted by atomic mass is 35.5. The van der Waals surface area contributed by atoms with Gasteiger partial charge in [-0.2, -0.15) is 0 Å². The Morgan fingerprint density at radius 3 is 2.10 bits per heavy atom. The molecule has 0 aliphatic carbocycles. The number of oxazole rings is 1. The van der Waals surface area contributed by atoms with E-state index in [-0.39, 0.29) is 24.0 Å². The number of carbonyl (C=O) groups excluding carboxylic acids is 4. The molecule has 270 valence electrons. The van der Waals surface area contributed by atoms with Crippen molar-refractivity contribution in [2.24, 2.45) is 5.92 Å². The summed E-state index contributed by atoms with van der Waals surface area (Å²) in [6.45, 7) is 8.23. The molecule has 11 nitrogen and oxygen atoms in total. The lowest BCUT2D eigenvalue weighted by molar-refractivity contribution is -0.156. The summed E-state index contributed by atoms with van der Waals surface area (Å²) in [6.07, 6.45) is -0.819. The van der Waals surface area contributed by atoms with Gasteiger partial charge in [0.25, 0.3) is 5.91 Å². The molecule has 3 N–H and O–H groups in total. The second-order valence-corrected chi connectivity index (χ2v) is 14.1. The highest BCUT2D eigenvalue weighted by molar-refractivity contribution is 6.39. The van der Waals surface area contributed by atoms with Crippen molar-refractivity contribution < 1.29 is 33.4 Å². The fraction of sp³-hybridized carbons (Fsp3) is 0.342. The van der Waals surface area contributed by atoms with Crippen LogP contribution in [-0.2, 0) is 25.7 Å². The molecular formula is C38H42Cl2N4O7. The fourth-order valence-corrected chi connectivity index (χ4v) is 5.81. The normalized spacial score (nSPS) is 13.2. The van der Waals surface area contributed by atoms with Crippen LogP contribution in [0.15, 0.2) is 89.5 Å². The quantitative estimate of drug-likeness (QED) is 0.126. The summed E-state index contributed by atoms with van der Waals surface area (Å²) >= 11 is 12.7. The second kappa shape index (κ2) is 17.5. The van der Waals surface area contributed by atoms with E-state index in [9.17, 15) is 24.3 Å². The molecular weight excluding hydrogens is 695 g/mol. The Kier molecular flexibility index (Phi) is 13.4. The Hall–Kier alpha value is -4.71. The van der Waals surface area contributed by atoms with Crippen molar-refractivity contribution in [2.45, 2.75) is 71.4 Å². The summed E-state index contributed by atoms with van der Waals surface area (Å²) in [4.78, 5) is 59.6. The van der Waals surface area contributed by atoms with Crippen molar-refractivity contribution in [3.05, 3.63) is 112 Å². The molecule has 3 aromatic carbocycles. The number of hydrogen-bond donors (Lipinski definition) is 3. The fourth-order valence-electron chi connectivity index (χ4n) is 5.22. The standard InChI is InChI=1S/C38H42Cl2N4O7/c1-23(2)33(43-35(48)25-15-10-7-11-16-25)37(49)44(20-24-13-8-6-9-14-24)21-30(45)41-28(19-31(46)51-38(3,4)5)34(47)36-42-29(22-50-36)32-26(39)17-12-18-27(32)40/h6-18,22-23,28,33-34,47H,19-21H2,1-5H3,(H,41,45)(H,43,48)/t28?,33-,34?/m0/s1. The van der Waals surface area contributed by atoms with Crippen molar-refractivity contribution in [1.29, 1.82) is 0 Å². The van der Waals surface area contributed by atoms with Gasteiger partial charge in [0, 0.05) is 17.7 Å². The average Bonchev–Trinajstić information content (AvgIpc) is 3.55. The van der Waals surface area contributed by atoms with E-state index in [1.54, 1.807) is 83.1 Å². The van der Waals surface area contributed by atoms with Crippen LogP contribution in [0.1, 0.15) is 69.0 Å². The number of aliphatic hydroxyl groups excluding tert-OH is 1. The van der Waals surface area contributed by atoms with Crippen LogP contribution in [0.25, 0.3) is 11.3 Å². The van der Waals surface area contributed by atoms with Gasteiger partial charge in [-0.25, -0.2) is 4.98 Å². The summed E-state index contributed by atoms with van der Waals surface area (Å²) in [5.41, 5.74) is 0.895. The Morgan fingerprint density at radius 1 is 0.902 bits per heavy atom. The average molecular weight is 738 g/mol. The minimum absolute atomic E-state index is 0.0402. The molecule has 51 heavy (non-hydrogen) atoms. The van der Waals surface area contributed by atoms with Crippen LogP contribution in [0.2, 0.25) is 10.0 Å². The molecule has 0 saturated heterocycles. The molecule has 3 atom stereocenters. The van der Waals surface area contributed by atoms with Crippen LogP contribution in [0, 0.1) is 5.92 Å². The Labute approximate surface area is 307 Å². The van der Waals surface area contributed by atoms with E-state index < -0.39 is 60.4 Å². The van der Waals surface area contributed by atoms with Crippen LogP contribution < -0.4 is 10.6 Å². The molecule has 13 heteroatoms. The minimum atomic E-state index is -1.62. The maximum Gasteiger partial charge on any atom is 0.308 e. The Bertz CT molecular complexity index is 1790. The number of rotatable bonds is 14. The topological polar surface area (TPSA) is 151 Å². The SMILES string of the molecule is CC(C)[C@H](NC(=O)c1ccccc1)C(=O)N(CC(=O)NC(CC(=O)OC(C)(C)C)C(O)c1nc(-c2c(Cl)cccc2Cl)co1)Cc1ccccc1. The molecule has 2 unspecified atom stereocenters. The molecule has 0 spiro atoms. The van der Waals surface area contributed by atoms with Gasteiger partial charge >= 0.3 is 5.97 Å². The molecule has 1 aromatic heterocycles. The summed E-state index contributed by atoms with van der Waals surface area (Å²) < 4.78 is 11.1. The number of benzene rings is 3. The van der Waals surface area contributed by atoms with Crippen molar-refractivity contribution >= 4 is 46.9 Å². The number of aliphatic hydroxyl groups is 1. The molecule has 0 radical (unpaired) electrons. The molecule has 1 heterocycles. The van der Waals surface area contributed by atoms with Crippen LogP contribution in [0.4, 0.5) is 0 Å². The molecule has 0 fully saturated rings. The lowest BCUT2D eigenvalue weighted by Crippen LogP contribution is -2.54. The molecule has 0 bridgehead atoms. The van der Waals surface area contributed by atoms with Crippen LogP contribution in [-0.4, -0.2) is 62.9 Å². The zero-order chi connectivity index (χ0) is 37.3. The van der Waals surface area contributed by atoms with E-state index in [4.69, 9.17) is 32.4 Å². The molecule has 4 rings (SSSR count). The smallest absolute Gasteiger partial charge is 0.308 e. The van der Waals surface area contributed by atoms with Gasteiger partial charge < -0.3 is 29.8 Å². The first-order valence-corrected chi connectivity index (χ1v) is 17.2. The summed E-state index contributed by atoms with van der Waals surface area (Å²) in [5.74, 6) is -2.87. The van der Waals surface area contributed by atoms with Gasteiger partial charge in [0.1, 0.15) is 23.6 Å². The number of ether oxygens (including phenoxy) is 1. The number of nitrogens with one attached hydrogen (secondary N) is 2. The lowest BCUT2D eigenvalue weighted by atomic mass is 10.0. The first kappa shape index (κ1) is 39.1. The Morgan fingerprint density at radius 2 is 1.51 bits per heavy atom. The zero-order valence-corrected chi connectivity index (χ0v) is 30.6. The van der Waals surface area contributed by atoms with Crippen LogP contribution in [0.3, 0.4) is 0 Å². The van der Waals surface area contributed by atoms with Crippen molar-refractivity contribution in [2.75, 3.05) is 6.54 Å². The lowest BCUT2D eigenvalue weighted by Gasteiger charge is -2.31. The molecule has 0 aliphatic rings. The first-order chi connectivity index (χ1) is 24.1. The molecule has 3 amide bonds. The monoisotopic (exact) mass is 736 g/mol. The third kappa shape index (κ3) is 11.1. The van der Waals surface area contributed by atoms with E-state index in [1.807, 2.05) is 30.3 Å². The first-order valence-electron chi connectivity index (χ1n) is 16.4. The molecule has 0 saturated carbocycles. The van der Waals surface area contributed by atoms with E-state index in [0.717, 1.165) is 5.56 Å². The third-order valence-corrected chi connectivity index (χ3v) is 8.28.